The topological polar surface area (TPSA) is 66.8 Å². The van der Waals surface area contributed by atoms with Gasteiger partial charge in [-0.25, -0.2) is 0 Å². The zero-order chi connectivity index (χ0) is 21.4. The Bertz CT molecular complexity index is 914. The number of rotatable bonds is 4. The monoisotopic (exact) mass is 394 g/mol. The van der Waals surface area contributed by atoms with Crippen LogP contribution in [-0.4, -0.2) is 22.6 Å². The van der Waals surface area contributed by atoms with Gasteiger partial charge in [-0.3, -0.25) is 4.79 Å². The quantitative estimate of drug-likeness (QED) is 0.646. The van der Waals surface area contributed by atoms with Gasteiger partial charge in [-0.1, -0.05) is 41.5 Å². The van der Waals surface area contributed by atoms with E-state index in [9.17, 15) is 15.0 Å². The van der Waals surface area contributed by atoms with E-state index in [1.165, 1.54) is 11.1 Å². The summed E-state index contributed by atoms with van der Waals surface area (Å²) in [6, 6.07) is 10.6. The molecular formula is C25H30O4. The van der Waals surface area contributed by atoms with Crippen molar-refractivity contribution in [3.63, 3.8) is 0 Å². The molecule has 2 aromatic rings. The van der Waals surface area contributed by atoms with Crippen molar-refractivity contribution in [1.82, 2.24) is 0 Å². The Morgan fingerprint density at radius 1 is 0.931 bits per heavy atom. The fourth-order valence-corrected chi connectivity index (χ4v) is 2.88. The number of phenols is 2. The van der Waals surface area contributed by atoms with Crippen LogP contribution in [0.4, 0.5) is 0 Å². The van der Waals surface area contributed by atoms with E-state index in [2.05, 4.69) is 19.9 Å². The lowest BCUT2D eigenvalue weighted by atomic mass is 9.98. The van der Waals surface area contributed by atoms with Crippen molar-refractivity contribution in [3.8, 4) is 17.2 Å². The molecule has 0 saturated carbocycles. The molecule has 0 bridgehead atoms. The third-order valence-corrected chi connectivity index (χ3v) is 4.55. The Hall–Kier alpha value is -3.01. The maximum Gasteiger partial charge on any atom is 0.170 e. The Morgan fingerprint density at radius 2 is 1.59 bits per heavy atom. The zero-order valence-electron chi connectivity index (χ0n) is 17.7. The van der Waals surface area contributed by atoms with Crippen molar-refractivity contribution in [2.24, 2.45) is 0 Å². The number of allylic oxidation sites excluding steroid dienone is 4. The van der Waals surface area contributed by atoms with E-state index in [0.29, 0.717) is 42.1 Å². The van der Waals surface area contributed by atoms with E-state index in [-0.39, 0.29) is 11.5 Å². The molecule has 0 spiro atoms. The highest BCUT2D eigenvalue weighted by Gasteiger charge is 2.22. The molecule has 2 N–H and O–H groups in total. The van der Waals surface area contributed by atoms with Gasteiger partial charge in [0.05, 0.1) is 12.2 Å². The second-order valence-corrected chi connectivity index (χ2v) is 7.56. The van der Waals surface area contributed by atoms with Crippen molar-refractivity contribution in [2.75, 3.05) is 6.61 Å². The first kappa shape index (κ1) is 22.3. The standard InChI is InChI=1S/C14H16O3.C11H14O/c1-9(2)3-4-10-12(15)6-5-11-13(16)7-8-17-14(10)11;1-9(2)7-8-10-5-3-4-6-11(10)12/h3,5-6,15H,4,7-8H2,1-2H3;3-7,12H,8H2,1-2H3. The fraction of sp³-hybridized carbons (Fsp3) is 0.320. The second-order valence-electron chi connectivity index (χ2n) is 7.56. The number of carbonyl (C=O) groups excluding carboxylic acids is 1. The first-order chi connectivity index (χ1) is 13.8. The van der Waals surface area contributed by atoms with Crippen LogP contribution in [0.25, 0.3) is 0 Å². The summed E-state index contributed by atoms with van der Waals surface area (Å²) >= 11 is 0. The molecule has 0 aromatic heterocycles. The summed E-state index contributed by atoms with van der Waals surface area (Å²) in [5.74, 6) is 1.22. The number of phenolic OH excluding ortho intramolecular Hbond substituents is 2. The molecule has 3 rings (SSSR count). The van der Waals surface area contributed by atoms with E-state index in [0.717, 1.165) is 12.0 Å². The van der Waals surface area contributed by atoms with Crippen LogP contribution in [0.15, 0.2) is 59.7 Å². The SMILES string of the molecule is CC(C)=CCc1c(O)ccc2c1OCCC2=O.CC(C)=CCc1ccccc1O. The van der Waals surface area contributed by atoms with Crippen molar-refractivity contribution in [2.45, 2.75) is 47.0 Å². The summed E-state index contributed by atoms with van der Waals surface area (Å²) in [5.41, 5.74) is 4.73. The minimum absolute atomic E-state index is 0.0877. The Labute approximate surface area is 173 Å². The van der Waals surface area contributed by atoms with Crippen molar-refractivity contribution in [3.05, 3.63) is 76.4 Å². The van der Waals surface area contributed by atoms with Gasteiger partial charge < -0.3 is 14.9 Å². The first-order valence-electron chi connectivity index (χ1n) is 9.84. The number of benzene rings is 2. The lowest BCUT2D eigenvalue weighted by Gasteiger charge is -2.19. The summed E-state index contributed by atoms with van der Waals surface area (Å²) in [5, 5.41) is 19.2. The highest BCUT2D eigenvalue weighted by molar-refractivity contribution is 6.00. The van der Waals surface area contributed by atoms with Crippen molar-refractivity contribution >= 4 is 5.78 Å². The van der Waals surface area contributed by atoms with Gasteiger partial charge in [0, 0.05) is 12.0 Å². The molecule has 154 valence electrons. The normalized spacial score (nSPS) is 12.1. The van der Waals surface area contributed by atoms with E-state index in [1.807, 2.05) is 38.1 Å². The summed E-state index contributed by atoms with van der Waals surface area (Å²) in [7, 11) is 0. The van der Waals surface area contributed by atoms with Gasteiger partial charge in [0.2, 0.25) is 0 Å². The van der Waals surface area contributed by atoms with E-state index >= 15 is 0 Å². The van der Waals surface area contributed by atoms with Gasteiger partial charge in [0.1, 0.15) is 17.2 Å². The van der Waals surface area contributed by atoms with Gasteiger partial charge in [-0.15, -0.1) is 0 Å². The van der Waals surface area contributed by atoms with Crippen molar-refractivity contribution in [1.29, 1.82) is 0 Å². The lowest BCUT2D eigenvalue weighted by Crippen LogP contribution is -2.16. The number of ether oxygens (including phenoxy) is 1. The molecule has 0 atom stereocenters. The predicted molar refractivity (Wildman–Crippen MR) is 117 cm³/mol. The van der Waals surface area contributed by atoms with Crippen LogP contribution < -0.4 is 4.74 Å². The smallest absolute Gasteiger partial charge is 0.170 e. The van der Waals surface area contributed by atoms with Crippen LogP contribution in [0.5, 0.6) is 17.2 Å². The van der Waals surface area contributed by atoms with E-state index < -0.39 is 0 Å². The summed E-state index contributed by atoms with van der Waals surface area (Å²) < 4.78 is 5.53. The number of carbonyl (C=O) groups is 1. The zero-order valence-corrected chi connectivity index (χ0v) is 17.7. The molecule has 0 aliphatic carbocycles. The molecule has 1 heterocycles. The average Bonchev–Trinajstić information content (AvgIpc) is 2.67. The molecule has 2 aromatic carbocycles. The summed E-state index contributed by atoms with van der Waals surface area (Å²) in [6.07, 6.45) is 5.94. The second kappa shape index (κ2) is 10.5. The molecule has 1 aliphatic rings. The van der Waals surface area contributed by atoms with E-state index in [4.69, 9.17) is 4.74 Å². The highest BCUT2D eigenvalue weighted by atomic mass is 16.5. The van der Waals surface area contributed by atoms with Gasteiger partial charge >= 0.3 is 0 Å². The molecule has 1 aliphatic heterocycles. The number of para-hydroxylation sites is 1. The van der Waals surface area contributed by atoms with Gasteiger partial charge in [0.25, 0.3) is 0 Å². The predicted octanol–water partition coefficient (Wildman–Crippen LogP) is 5.77. The first-order valence-corrected chi connectivity index (χ1v) is 9.84. The molecule has 29 heavy (non-hydrogen) atoms. The molecular weight excluding hydrogens is 364 g/mol. The van der Waals surface area contributed by atoms with Gasteiger partial charge in [0.15, 0.2) is 5.78 Å². The third kappa shape index (κ3) is 6.53. The minimum Gasteiger partial charge on any atom is -0.508 e. The number of hydrogen-bond donors (Lipinski definition) is 2. The molecule has 0 radical (unpaired) electrons. The molecule has 0 fully saturated rings. The molecule has 4 nitrogen and oxygen atoms in total. The number of fused-ring (bicyclic) bond motifs is 1. The maximum absolute atomic E-state index is 11.7. The number of Topliss-reactive ketones (excluding diaryl/α,β-unsaturated/α-hetero) is 1. The van der Waals surface area contributed by atoms with Crippen LogP contribution in [0.3, 0.4) is 0 Å². The van der Waals surface area contributed by atoms with Crippen LogP contribution in [0, 0.1) is 0 Å². The van der Waals surface area contributed by atoms with E-state index in [1.54, 1.807) is 18.2 Å². The molecule has 4 heteroatoms. The highest BCUT2D eigenvalue weighted by Crippen LogP contribution is 2.35. The van der Waals surface area contributed by atoms with Crippen LogP contribution in [0.1, 0.15) is 55.6 Å². The van der Waals surface area contributed by atoms with Crippen LogP contribution >= 0.6 is 0 Å². The molecule has 0 saturated heterocycles. The number of ketones is 1. The number of aromatic hydroxyl groups is 2. The van der Waals surface area contributed by atoms with Gasteiger partial charge in [-0.2, -0.15) is 0 Å². The summed E-state index contributed by atoms with van der Waals surface area (Å²) in [6.45, 7) is 8.51. The molecule has 0 unspecified atom stereocenters. The summed E-state index contributed by atoms with van der Waals surface area (Å²) in [4.78, 5) is 11.7. The fourth-order valence-electron chi connectivity index (χ4n) is 2.88. The Balaban J connectivity index is 0.000000221. The third-order valence-electron chi connectivity index (χ3n) is 4.55. The Morgan fingerprint density at radius 3 is 2.24 bits per heavy atom. The van der Waals surface area contributed by atoms with Crippen LogP contribution in [0.2, 0.25) is 0 Å². The lowest BCUT2D eigenvalue weighted by molar-refractivity contribution is 0.0932. The van der Waals surface area contributed by atoms with Gasteiger partial charge in [-0.05, 0) is 64.3 Å². The van der Waals surface area contributed by atoms with Crippen LogP contribution in [-0.2, 0) is 12.8 Å². The Kier molecular flexibility index (Phi) is 8.08. The minimum atomic E-state index is 0.0877. The average molecular weight is 395 g/mol. The van der Waals surface area contributed by atoms with Crippen molar-refractivity contribution < 1.29 is 19.7 Å². The number of hydrogen-bond acceptors (Lipinski definition) is 4. The maximum atomic E-state index is 11.7. The molecule has 0 amide bonds. The largest absolute Gasteiger partial charge is 0.508 e.